The number of thioether (sulfide) groups is 1. The largest absolute Gasteiger partial charge is 0.493 e. The minimum atomic E-state index is 0.259. The lowest BCUT2D eigenvalue weighted by molar-refractivity contribution is -0.111. The molecule has 2 nitrogen and oxygen atoms in total. The Morgan fingerprint density at radius 1 is 0.852 bits per heavy atom. The summed E-state index contributed by atoms with van der Waals surface area (Å²) in [6.07, 6.45) is 17.9. The van der Waals surface area contributed by atoms with Gasteiger partial charge in [0.15, 0.2) is 0 Å². The van der Waals surface area contributed by atoms with E-state index in [0.29, 0.717) is 5.25 Å². The van der Waals surface area contributed by atoms with Crippen LogP contribution in [0.4, 0.5) is 0 Å². The van der Waals surface area contributed by atoms with E-state index < -0.39 is 0 Å². The van der Waals surface area contributed by atoms with Crippen LogP contribution < -0.4 is 4.74 Å². The van der Waals surface area contributed by atoms with Crippen molar-refractivity contribution >= 4 is 18.0 Å². The highest BCUT2D eigenvalue weighted by molar-refractivity contribution is 8.00. The first-order valence-corrected chi connectivity index (χ1v) is 12.1. The summed E-state index contributed by atoms with van der Waals surface area (Å²) in [5.74, 6) is 1.99. The van der Waals surface area contributed by atoms with Gasteiger partial charge in [-0.15, -0.1) is 11.8 Å². The van der Waals surface area contributed by atoms with E-state index in [4.69, 9.17) is 4.74 Å². The molecule has 0 radical (unpaired) electrons. The molecule has 1 aromatic rings. The number of carbonyl (C=O) groups is 1. The number of aldehydes is 1. The lowest BCUT2D eigenvalue weighted by Gasteiger charge is -2.23. The Bertz CT molecular complexity index is 534. The monoisotopic (exact) mass is 388 g/mol. The first-order valence-electron chi connectivity index (χ1n) is 11.2. The van der Waals surface area contributed by atoms with E-state index in [1.165, 1.54) is 81.8 Å². The molecule has 0 aliphatic heterocycles. The lowest BCUT2D eigenvalue weighted by Crippen LogP contribution is -2.15. The maximum absolute atomic E-state index is 11.3. The molecule has 2 aliphatic rings. The molecule has 0 N–H and O–H groups in total. The van der Waals surface area contributed by atoms with E-state index in [9.17, 15) is 4.79 Å². The zero-order chi connectivity index (χ0) is 18.7. The van der Waals surface area contributed by atoms with E-state index >= 15 is 0 Å². The molecule has 0 heterocycles. The third kappa shape index (κ3) is 7.52. The summed E-state index contributed by atoms with van der Waals surface area (Å²) < 4.78 is 6.10. The van der Waals surface area contributed by atoms with Gasteiger partial charge in [-0.3, -0.25) is 0 Å². The Hall–Kier alpha value is -0.960. The van der Waals surface area contributed by atoms with Crippen LogP contribution in [-0.4, -0.2) is 18.1 Å². The Balaban J connectivity index is 1.46. The first-order chi connectivity index (χ1) is 13.3. The summed E-state index contributed by atoms with van der Waals surface area (Å²) >= 11 is 1.95. The number of carbonyl (C=O) groups excluding carboxylic acids is 1. The molecule has 0 amide bonds. The molecule has 0 saturated heterocycles. The van der Waals surface area contributed by atoms with Gasteiger partial charge in [-0.2, -0.15) is 0 Å². The molecule has 2 atom stereocenters. The molecule has 3 heteroatoms. The molecule has 3 rings (SSSR count). The van der Waals surface area contributed by atoms with Gasteiger partial charge in [0.25, 0.3) is 0 Å². The SMILES string of the molecule is O=CC1CCCCCC(Sc2ccc(OCC3CCCCCCC3)cc2)C1. The molecule has 0 aromatic heterocycles. The average molecular weight is 389 g/mol. The van der Waals surface area contributed by atoms with E-state index in [1.807, 2.05) is 11.8 Å². The van der Waals surface area contributed by atoms with Gasteiger partial charge in [0, 0.05) is 16.1 Å². The Morgan fingerprint density at radius 2 is 1.48 bits per heavy atom. The number of hydrogen-bond acceptors (Lipinski definition) is 3. The normalized spacial score (nSPS) is 25.6. The predicted octanol–water partition coefficient (Wildman–Crippen LogP) is 7.06. The van der Waals surface area contributed by atoms with Crippen LogP contribution in [0.2, 0.25) is 0 Å². The molecule has 2 unspecified atom stereocenters. The van der Waals surface area contributed by atoms with Crippen LogP contribution in [-0.2, 0) is 4.79 Å². The van der Waals surface area contributed by atoms with Crippen LogP contribution in [0.15, 0.2) is 29.2 Å². The smallest absolute Gasteiger partial charge is 0.123 e. The summed E-state index contributed by atoms with van der Waals surface area (Å²) in [6.45, 7) is 0.871. The van der Waals surface area contributed by atoms with Gasteiger partial charge in [0.05, 0.1) is 6.61 Å². The summed E-state index contributed by atoms with van der Waals surface area (Å²) in [5.41, 5.74) is 0. The maximum Gasteiger partial charge on any atom is 0.123 e. The van der Waals surface area contributed by atoms with Crippen LogP contribution in [0.3, 0.4) is 0 Å². The van der Waals surface area contributed by atoms with Gasteiger partial charge in [-0.1, -0.05) is 51.4 Å². The maximum atomic E-state index is 11.3. The fraction of sp³-hybridized carbons (Fsp3) is 0.708. The molecule has 0 bridgehead atoms. The predicted molar refractivity (Wildman–Crippen MR) is 115 cm³/mol. The van der Waals surface area contributed by atoms with Crippen molar-refractivity contribution in [3.8, 4) is 5.75 Å². The van der Waals surface area contributed by atoms with Gasteiger partial charge in [0.1, 0.15) is 12.0 Å². The summed E-state index contributed by atoms with van der Waals surface area (Å²) in [7, 11) is 0. The Kier molecular flexibility index (Phi) is 9.06. The Labute approximate surface area is 169 Å². The van der Waals surface area contributed by atoms with Crippen LogP contribution in [0.25, 0.3) is 0 Å². The molecule has 2 saturated carbocycles. The summed E-state index contributed by atoms with van der Waals surface area (Å²) in [6, 6.07) is 8.66. The third-order valence-corrected chi connectivity index (χ3v) is 7.50. The first kappa shape index (κ1) is 20.8. The number of hydrogen-bond donors (Lipinski definition) is 0. The third-order valence-electron chi connectivity index (χ3n) is 6.20. The number of benzene rings is 1. The average Bonchev–Trinajstić information content (AvgIpc) is 2.64. The van der Waals surface area contributed by atoms with Crippen molar-refractivity contribution in [1.29, 1.82) is 0 Å². The zero-order valence-corrected chi connectivity index (χ0v) is 17.6. The fourth-order valence-corrected chi connectivity index (χ4v) is 5.79. The second kappa shape index (κ2) is 11.8. The van der Waals surface area contributed by atoms with Gasteiger partial charge < -0.3 is 9.53 Å². The fourth-order valence-electron chi connectivity index (χ4n) is 4.49. The highest BCUT2D eigenvalue weighted by Crippen LogP contribution is 2.34. The van der Waals surface area contributed by atoms with Gasteiger partial charge >= 0.3 is 0 Å². The highest BCUT2D eigenvalue weighted by atomic mass is 32.2. The molecule has 1 aromatic carbocycles. The lowest BCUT2D eigenvalue weighted by atomic mass is 9.92. The molecule has 27 heavy (non-hydrogen) atoms. The molecular weight excluding hydrogens is 352 g/mol. The number of rotatable bonds is 6. The zero-order valence-electron chi connectivity index (χ0n) is 16.7. The highest BCUT2D eigenvalue weighted by Gasteiger charge is 2.19. The minimum absolute atomic E-state index is 0.259. The van der Waals surface area contributed by atoms with Crippen LogP contribution in [0.5, 0.6) is 5.75 Å². The van der Waals surface area contributed by atoms with E-state index in [0.717, 1.165) is 31.1 Å². The molecule has 2 aliphatic carbocycles. The van der Waals surface area contributed by atoms with Gasteiger partial charge in [-0.05, 0) is 62.3 Å². The van der Waals surface area contributed by atoms with Gasteiger partial charge in [-0.25, -0.2) is 0 Å². The molecule has 0 spiro atoms. The van der Waals surface area contributed by atoms with Crippen molar-refractivity contribution < 1.29 is 9.53 Å². The van der Waals surface area contributed by atoms with Gasteiger partial charge in [0.2, 0.25) is 0 Å². The second-order valence-electron chi connectivity index (χ2n) is 8.50. The molecular formula is C24H36O2S. The second-order valence-corrected chi connectivity index (χ2v) is 9.88. The van der Waals surface area contributed by atoms with Crippen LogP contribution in [0.1, 0.15) is 83.5 Å². The molecule has 150 valence electrons. The standard InChI is InChI=1S/C24H36O2S/c25-18-21-11-7-4-8-12-24(17-21)27-23-15-13-22(14-16-23)26-19-20-9-5-2-1-3-6-10-20/h13-16,18,20-21,24H,1-12,17,19H2. The molecule has 2 fully saturated rings. The van der Waals surface area contributed by atoms with Crippen molar-refractivity contribution in [3.63, 3.8) is 0 Å². The Morgan fingerprint density at radius 3 is 2.22 bits per heavy atom. The minimum Gasteiger partial charge on any atom is -0.493 e. The van der Waals surface area contributed by atoms with E-state index in [1.54, 1.807) is 0 Å². The van der Waals surface area contributed by atoms with Crippen molar-refractivity contribution in [2.75, 3.05) is 6.61 Å². The van der Waals surface area contributed by atoms with E-state index in [-0.39, 0.29) is 5.92 Å². The van der Waals surface area contributed by atoms with Crippen LogP contribution in [0, 0.1) is 11.8 Å². The summed E-state index contributed by atoms with van der Waals surface area (Å²) in [4.78, 5) is 12.6. The topological polar surface area (TPSA) is 26.3 Å². The quantitative estimate of drug-likeness (QED) is 0.488. The van der Waals surface area contributed by atoms with Crippen LogP contribution >= 0.6 is 11.8 Å². The van der Waals surface area contributed by atoms with Crippen molar-refractivity contribution in [3.05, 3.63) is 24.3 Å². The number of ether oxygens (including phenoxy) is 1. The van der Waals surface area contributed by atoms with Crippen molar-refractivity contribution in [2.45, 2.75) is 93.6 Å². The summed E-state index contributed by atoms with van der Waals surface area (Å²) in [5, 5.41) is 0.571. The van der Waals surface area contributed by atoms with E-state index in [2.05, 4.69) is 24.3 Å². The van der Waals surface area contributed by atoms with Crippen molar-refractivity contribution in [2.24, 2.45) is 11.8 Å². The van der Waals surface area contributed by atoms with Crippen molar-refractivity contribution in [1.82, 2.24) is 0 Å².